The molecule has 2 heteroatoms. The molecular weight excluding hydrogens is 228 g/mol. The molecule has 0 heterocycles. The zero-order valence-electron chi connectivity index (χ0n) is 7.89. The number of hydrogen-bond donors (Lipinski definition) is 1. The van der Waals surface area contributed by atoms with Crippen molar-refractivity contribution in [1.29, 1.82) is 0 Å². The normalized spacial score (nSPS) is 18.8. The number of aliphatic hydroxyl groups is 1. The van der Waals surface area contributed by atoms with Gasteiger partial charge in [0.05, 0.1) is 5.60 Å². The van der Waals surface area contributed by atoms with Crippen LogP contribution in [0.15, 0.2) is 16.6 Å². The summed E-state index contributed by atoms with van der Waals surface area (Å²) in [6.45, 7) is 4.11. The number of aryl methyl sites for hydroxylation is 1. The molecule has 0 aromatic heterocycles. The Morgan fingerprint density at radius 1 is 1.31 bits per heavy atom. The molecule has 0 amide bonds. The van der Waals surface area contributed by atoms with Crippen molar-refractivity contribution in [2.24, 2.45) is 0 Å². The lowest BCUT2D eigenvalue weighted by atomic mass is 9.99. The molecule has 1 nitrogen and oxygen atoms in total. The average molecular weight is 241 g/mol. The molecule has 0 atom stereocenters. The summed E-state index contributed by atoms with van der Waals surface area (Å²) in [6, 6.07) is 4.18. The van der Waals surface area contributed by atoms with Crippen molar-refractivity contribution in [1.82, 2.24) is 0 Å². The fourth-order valence-electron chi connectivity index (χ4n) is 1.69. The Kier molecular flexibility index (Phi) is 2.00. The number of hydrogen-bond acceptors (Lipinski definition) is 1. The molecule has 1 aliphatic rings. The summed E-state index contributed by atoms with van der Waals surface area (Å²) in [5, 5.41) is 10.0. The first-order valence-corrected chi connectivity index (χ1v) is 5.32. The van der Waals surface area contributed by atoms with Crippen LogP contribution in [0.1, 0.15) is 29.5 Å². The molecular formula is C11H13BrO. The van der Waals surface area contributed by atoms with Gasteiger partial charge in [0.2, 0.25) is 0 Å². The third-order valence-corrected chi connectivity index (χ3v) is 3.54. The second-order valence-electron chi connectivity index (χ2n) is 3.95. The topological polar surface area (TPSA) is 20.2 Å². The fourth-order valence-corrected chi connectivity index (χ4v) is 2.26. The maximum absolute atomic E-state index is 10.0. The lowest BCUT2D eigenvalue weighted by Gasteiger charge is -2.14. The molecule has 1 aliphatic carbocycles. The van der Waals surface area contributed by atoms with E-state index in [4.69, 9.17) is 0 Å². The van der Waals surface area contributed by atoms with Crippen LogP contribution in [-0.4, -0.2) is 5.11 Å². The van der Waals surface area contributed by atoms with Crippen LogP contribution in [0.4, 0.5) is 0 Å². The van der Waals surface area contributed by atoms with Crippen molar-refractivity contribution in [3.63, 3.8) is 0 Å². The van der Waals surface area contributed by atoms with E-state index in [9.17, 15) is 5.11 Å². The van der Waals surface area contributed by atoms with Gasteiger partial charge in [-0.2, -0.15) is 0 Å². The molecule has 1 N–H and O–H groups in total. The first-order valence-electron chi connectivity index (χ1n) is 4.52. The molecule has 1 saturated carbocycles. The quantitative estimate of drug-likeness (QED) is 0.801. The van der Waals surface area contributed by atoms with Gasteiger partial charge in [-0.05, 0) is 49.4 Å². The van der Waals surface area contributed by atoms with Gasteiger partial charge in [0.25, 0.3) is 0 Å². The van der Waals surface area contributed by atoms with Crippen molar-refractivity contribution in [2.75, 3.05) is 0 Å². The fraction of sp³-hybridized carbons (Fsp3) is 0.455. The number of benzene rings is 1. The van der Waals surface area contributed by atoms with Gasteiger partial charge in [-0.25, -0.2) is 0 Å². The zero-order chi connectivity index (χ0) is 9.64. The van der Waals surface area contributed by atoms with Crippen LogP contribution in [0, 0.1) is 13.8 Å². The number of halogens is 1. The van der Waals surface area contributed by atoms with E-state index in [2.05, 4.69) is 41.9 Å². The highest BCUT2D eigenvalue weighted by molar-refractivity contribution is 9.10. The first-order chi connectivity index (χ1) is 6.03. The third kappa shape index (κ3) is 1.53. The minimum absolute atomic E-state index is 0.515. The molecule has 0 spiro atoms. The van der Waals surface area contributed by atoms with E-state index < -0.39 is 5.60 Å². The van der Waals surface area contributed by atoms with E-state index >= 15 is 0 Å². The highest BCUT2D eigenvalue weighted by Gasteiger charge is 2.43. The summed E-state index contributed by atoms with van der Waals surface area (Å²) in [7, 11) is 0. The van der Waals surface area contributed by atoms with Gasteiger partial charge < -0.3 is 5.11 Å². The molecule has 0 saturated heterocycles. The standard InChI is InChI=1S/C11H13BrO/c1-7-5-9(11(13)3-4-11)8(2)10(12)6-7/h5-6,13H,3-4H2,1-2H3. The molecule has 1 aromatic rings. The van der Waals surface area contributed by atoms with E-state index in [0.717, 1.165) is 22.9 Å². The summed E-state index contributed by atoms with van der Waals surface area (Å²) < 4.78 is 1.10. The Labute approximate surface area is 86.9 Å². The van der Waals surface area contributed by atoms with Crippen LogP contribution in [-0.2, 0) is 5.60 Å². The Hall–Kier alpha value is -0.340. The molecule has 70 valence electrons. The molecule has 0 radical (unpaired) electrons. The molecule has 1 aromatic carbocycles. The van der Waals surface area contributed by atoms with Crippen LogP contribution in [0.2, 0.25) is 0 Å². The van der Waals surface area contributed by atoms with Gasteiger partial charge in [-0.1, -0.05) is 22.0 Å². The molecule has 0 bridgehead atoms. The Balaban J connectivity index is 2.56. The highest BCUT2D eigenvalue weighted by Crippen LogP contribution is 2.47. The summed E-state index contributed by atoms with van der Waals surface area (Å²) >= 11 is 3.51. The van der Waals surface area contributed by atoms with Crippen molar-refractivity contribution >= 4 is 15.9 Å². The predicted molar refractivity (Wildman–Crippen MR) is 56.7 cm³/mol. The van der Waals surface area contributed by atoms with Crippen molar-refractivity contribution in [2.45, 2.75) is 32.3 Å². The zero-order valence-corrected chi connectivity index (χ0v) is 9.48. The predicted octanol–water partition coefficient (Wildman–Crippen LogP) is 3.05. The first kappa shape index (κ1) is 9.22. The maximum Gasteiger partial charge on any atom is 0.0902 e. The molecule has 2 rings (SSSR count). The van der Waals surface area contributed by atoms with Crippen LogP contribution in [0.3, 0.4) is 0 Å². The van der Waals surface area contributed by atoms with E-state index in [-0.39, 0.29) is 0 Å². The monoisotopic (exact) mass is 240 g/mol. The molecule has 0 unspecified atom stereocenters. The van der Waals surface area contributed by atoms with Gasteiger partial charge in [-0.15, -0.1) is 0 Å². The van der Waals surface area contributed by atoms with Crippen LogP contribution >= 0.6 is 15.9 Å². The summed E-state index contributed by atoms with van der Waals surface area (Å²) in [5.74, 6) is 0. The largest absolute Gasteiger partial charge is 0.385 e. The average Bonchev–Trinajstić information content (AvgIpc) is 2.77. The van der Waals surface area contributed by atoms with Gasteiger partial charge in [-0.3, -0.25) is 0 Å². The van der Waals surface area contributed by atoms with Gasteiger partial charge in [0.1, 0.15) is 0 Å². The summed E-state index contributed by atoms with van der Waals surface area (Å²) in [6.07, 6.45) is 1.81. The van der Waals surface area contributed by atoms with E-state index in [1.807, 2.05) is 0 Å². The Morgan fingerprint density at radius 3 is 2.46 bits per heavy atom. The van der Waals surface area contributed by atoms with Crippen molar-refractivity contribution in [3.05, 3.63) is 33.3 Å². The second kappa shape index (κ2) is 2.82. The van der Waals surface area contributed by atoms with Gasteiger partial charge in [0, 0.05) is 4.47 Å². The van der Waals surface area contributed by atoms with Crippen LogP contribution in [0.25, 0.3) is 0 Å². The van der Waals surface area contributed by atoms with E-state index in [1.165, 1.54) is 11.1 Å². The number of rotatable bonds is 1. The molecule has 0 aliphatic heterocycles. The summed E-state index contributed by atoms with van der Waals surface area (Å²) in [4.78, 5) is 0. The smallest absolute Gasteiger partial charge is 0.0902 e. The lowest BCUT2D eigenvalue weighted by Crippen LogP contribution is -2.07. The van der Waals surface area contributed by atoms with Crippen molar-refractivity contribution in [3.8, 4) is 0 Å². The minimum Gasteiger partial charge on any atom is -0.385 e. The van der Waals surface area contributed by atoms with Gasteiger partial charge in [0.15, 0.2) is 0 Å². The third-order valence-electron chi connectivity index (χ3n) is 2.71. The summed E-state index contributed by atoms with van der Waals surface area (Å²) in [5.41, 5.74) is 2.95. The lowest BCUT2D eigenvalue weighted by molar-refractivity contribution is 0.150. The Bertz CT molecular complexity index is 353. The Morgan fingerprint density at radius 2 is 1.92 bits per heavy atom. The van der Waals surface area contributed by atoms with Gasteiger partial charge >= 0.3 is 0 Å². The maximum atomic E-state index is 10.0. The van der Waals surface area contributed by atoms with E-state index in [1.54, 1.807) is 0 Å². The molecule has 1 fully saturated rings. The van der Waals surface area contributed by atoms with Crippen LogP contribution in [0.5, 0.6) is 0 Å². The SMILES string of the molecule is Cc1cc(Br)c(C)c(C2(O)CC2)c1. The highest BCUT2D eigenvalue weighted by atomic mass is 79.9. The second-order valence-corrected chi connectivity index (χ2v) is 4.81. The van der Waals surface area contributed by atoms with Crippen molar-refractivity contribution < 1.29 is 5.11 Å². The van der Waals surface area contributed by atoms with E-state index in [0.29, 0.717) is 0 Å². The molecule has 13 heavy (non-hydrogen) atoms. The van der Waals surface area contributed by atoms with Crippen LogP contribution < -0.4 is 0 Å². The minimum atomic E-state index is -0.515.